The number of nitrogens with zero attached hydrogens (tertiary/aromatic N) is 6. The van der Waals surface area contributed by atoms with E-state index in [2.05, 4.69) is 15.3 Å². The van der Waals surface area contributed by atoms with Gasteiger partial charge in [-0.15, -0.1) is 0 Å². The smallest absolute Gasteiger partial charge is 0.330 e. The van der Waals surface area contributed by atoms with Crippen LogP contribution in [0.5, 0.6) is 5.75 Å². The Bertz CT molecular complexity index is 1370. The van der Waals surface area contributed by atoms with Crippen LogP contribution < -0.4 is 15.7 Å². The molecule has 170 valence electrons. The van der Waals surface area contributed by atoms with Crippen molar-refractivity contribution in [3.63, 3.8) is 0 Å². The molecule has 0 aromatic carbocycles. The van der Waals surface area contributed by atoms with Gasteiger partial charge >= 0.3 is 5.69 Å². The van der Waals surface area contributed by atoms with Crippen molar-refractivity contribution in [3.05, 3.63) is 53.0 Å². The van der Waals surface area contributed by atoms with E-state index in [-0.39, 0.29) is 11.7 Å². The van der Waals surface area contributed by atoms with Crippen LogP contribution in [0.15, 0.2) is 41.6 Å². The standard InChI is InChI=1S/C23H25N7O3/c1-14-18(4-5-19(26-14)15-10-17(32-3)12-24-11-15)27-22-25-13-20-21(28-22)30(23(31)29(20)2)16-6-8-33-9-7-16/h4-5,10-13,16H,6-9H2,1-3H3,(H,25,27,28). The summed E-state index contributed by atoms with van der Waals surface area (Å²) in [6, 6.07) is 5.80. The highest BCUT2D eigenvalue weighted by atomic mass is 16.5. The third kappa shape index (κ3) is 3.93. The summed E-state index contributed by atoms with van der Waals surface area (Å²) < 4.78 is 14.1. The summed E-state index contributed by atoms with van der Waals surface area (Å²) in [4.78, 5) is 30.9. The van der Waals surface area contributed by atoms with E-state index in [0.29, 0.717) is 36.1 Å². The SMILES string of the molecule is COc1cncc(-c2ccc(Nc3ncc4c(n3)n(C3CCOCC3)c(=O)n4C)c(C)n2)c1. The molecular weight excluding hydrogens is 422 g/mol. The molecule has 0 amide bonds. The molecule has 4 aromatic heterocycles. The van der Waals surface area contributed by atoms with Gasteiger partial charge in [-0.05, 0) is 38.0 Å². The molecule has 0 bridgehead atoms. The number of anilines is 2. The molecule has 10 heteroatoms. The van der Waals surface area contributed by atoms with E-state index >= 15 is 0 Å². The average molecular weight is 447 g/mol. The fraction of sp³-hybridized carbons (Fsp3) is 0.348. The number of rotatable bonds is 5. The van der Waals surface area contributed by atoms with E-state index in [1.165, 1.54) is 0 Å². The minimum absolute atomic E-state index is 0.0665. The summed E-state index contributed by atoms with van der Waals surface area (Å²) in [5.74, 6) is 1.09. The van der Waals surface area contributed by atoms with Crippen molar-refractivity contribution in [1.29, 1.82) is 0 Å². The first-order chi connectivity index (χ1) is 16.0. The second kappa shape index (κ2) is 8.62. The highest BCUT2D eigenvalue weighted by molar-refractivity contribution is 5.73. The molecule has 0 atom stereocenters. The van der Waals surface area contributed by atoms with Crippen molar-refractivity contribution in [3.8, 4) is 17.0 Å². The van der Waals surface area contributed by atoms with Crippen LogP contribution in [0, 0.1) is 6.92 Å². The molecule has 0 spiro atoms. The van der Waals surface area contributed by atoms with E-state index in [1.54, 1.807) is 41.9 Å². The number of pyridine rings is 2. The maximum absolute atomic E-state index is 12.9. The Morgan fingerprint density at radius 2 is 1.97 bits per heavy atom. The molecule has 4 aromatic rings. The lowest BCUT2D eigenvalue weighted by Crippen LogP contribution is -2.30. The Morgan fingerprint density at radius 3 is 2.73 bits per heavy atom. The molecular formula is C23H25N7O3. The van der Waals surface area contributed by atoms with Crippen LogP contribution in [-0.2, 0) is 11.8 Å². The molecule has 1 aliphatic heterocycles. The number of nitrogens with one attached hydrogen (secondary N) is 1. The van der Waals surface area contributed by atoms with Crippen molar-refractivity contribution in [1.82, 2.24) is 29.1 Å². The summed E-state index contributed by atoms with van der Waals surface area (Å²) in [5.41, 5.74) is 4.46. The van der Waals surface area contributed by atoms with E-state index in [0.717, 1.165) is 35.5 Å². The largest absolute Gasteiger partial charge is 0.495 e. The quantitative estimate of drug-likeness (QED) is 0.497. The summed E-state index contributed by atoms with van der Waals surface area (Å²) in [5, 5.41) is 3.25. The minimum atomic E-state index is -0.0857. The van der Waals surface area contributed by atoms with Crippen molar-refractivity contribution in [2.24, 2.45) is 7.05 Å². The van der Waals surface area contributed by atoms with Crippen molar-refractivity contribution >= 4 is 22.8 Å². The van der Waals surface area contributed by atoms with Crippen LogP contribution in [0.4, 0.5) is 11.6 Å². The second-order valence-electron chi connectivity index (χ2n) is 8.03. The Hall–Kier alpha value is -3.79. The molecule has 10 nitrogen and oxygen atoms in total. The van der Waals surface area contributed by atoms with Crippen molar-refractivity contribution < 1.29 is 9.47 Å². The molecule has 0 radical (unpaired) electrons. The fourth-order valence-electron chi connectivity index (χ4n) is 4.11. The van der Waals surface area contributed by atoms with Crippen LogP contribution in [0.2, 0.25) is 0 Å². The number of imidazole rings is 1. The highest BCUT2D eigenvalue weighted by Gasteiger charge is 2.23. The summed E-state index contributed by atoms with van der Waals surface area (Å²) in [6.07, 6.45) is 6.66. The summed E-state index contributed by atoms with van der Waals surface area (Å²) >= 11 is 0. The lowest BCUT2D eigenvalue weighted by Gasteiger charge is -2.22. The monoisotopic (exact) mass is 447 g/mol. The molecule has 0 aliphatic carbocycles. The van der Waals surface area contributed by atoms with E-state index in [9.17, 15) is 4.79 Å². The van der Waals surface area contributed by atoms with Gasteiger partial charge in [0, 0.05) is 38.1 Å². The zero-order valence-electron chi connectivity index (χ0n) is 18.8. The predicted octanol–water partition coefficient (Wildman–Crippen LogP) is 3.00. The van der Waals surface area contributed by atoms with Gasteiger partial charge in [0.15, 0.2) is 5.65 Å². The van der Waals surface area contributed by atoms with E-state index in [1.807, 2.05) is 25.1 Å². The zero-order valence-corrected chi connectivity index (χ0v) is 18.8. The van der Waals surface area contributed by atoms with E-state index in [4.69, 9.17) is 19.4 Å². The third-order valence-electron chi connectivity index (χ3n) is 5.97. The molecule has 5 heterocycles. The summed E-state index contributed by atoms with van der Waals surface area (Å²) in [6.45, 7) is 3.20. The number of fused-ring (bicyclic) bond motifs is 1. The zero-order chi connectivity index (χ0) is 22.9. The van der Waals surface area contributed by atoms with Gasteiger partial charge < -0.3 is 14.8 Å². The Balaban J connectivity index is 1.47. The minimum Gasteiger partial charge on any atom is -0.495 e. The lowest BCUT2D eigenvalue weighted by atomic mass is 10.1. The first-order valence-corrected chi connectivity index (χ1v) is 10.8. The van der Waals surface area contributed by atoms with Gasteiger partial charge in [-0.25, -0.2) is 9.78 Å². The van der Waals surface area contributed by atoms with Crippen LogP contribution in [0.3, 0.4) is 0 Å². The Kier molecular flexibility index (Phi) is 5.51. The lowest BCUT2D eigenvalue weighted by molar-refractivity contribution is 0.0695. The number of ether oxygens (including phenoxy) is 2. The van der Waals surface area contributed by atoms with Gasteiger partial charge in [-0.2, -0.15) is 4.98 Å². The van der Waals surface area contributed by atoms with Crippen molar-refractivity contribution in [2.75, 3.05) is 25.6 Å². The molecule has 1 fully saturated rings. The molecule has 33 heavy (non-hydrogen) atoms. The van der Waals surface area contributed by atoms with Crippen LogP contribution in [-0.4, -0.2) is 49.4 Å². The number of hydrogen-bond donors (Lipinski definition) is 1. The predicted molar refractivity (Wildman–Crippen MR) is 124 cm³/mol. The maximum Gasteiger partial charge on any atom is 0.330 e. The molecule has 0 saturated carbocycles. The number of methoxy groups -OCH3 is 1. The van der Waals surface area contributed by atoms with Gasteiger partial charge in [0.25, 0.3) is 0 Å². The fourth-order valence-corrected chi connectivity index (χ4v) is 4.11. The van der Waals surface area contributed by atoms with Gasteiger partial charge in [0.1, 0.15) is 11.3 Å². The average Bonchev–Trinajstić information content (AvgIpc) is 3.10. The normalized spacial score (nSPS) is 14.5. The van der Waals surface area contributed by atoms with Gasteiger partial charge in [0.05, 0.1) is 36.6 Å². The molecule has 1 aliphatic rings. The van der Waals surface area contributed by atoms with Gasteiger partial charge in [0.2, 0.25) is 5.95 Å². The first kappa shape index (κ1) is 21.1. The highest BCUT2D eigenvalue weighted by Crippen LogP contribution is 2.27. The van der Waals surface area contributed by atoms with E-state index < -0.39 is 0 Å². The number of hydrogen-bond acceptors (Lipinski definition) is 8. The van der Waals surface area contributed by atoms with Crippen LogP contribution in [0.1, 0.15) is 24.6 Å². The number of aromatic nitrogens is 6. The first-order valence-electron chi connectivity index (χ1n) is 10.8. The molecule has 5 rings (SSSR count). The van der Waals surface area contributed by atoms with Crippen LogP contribution in [0.25, 0.3) is 22.4 Å². The van der Waals surface area contributed by atoms with Gasteiger partial charge in [-0.1, -0.05) is 0 Å². The van der Waals surface area contributed by atoms with Crippen molar-refractivity contribution in [2.45, 2.75) is 25.8 Å². The molecule has 1 N–H and O–H groups in total. The molecule has 1 saturated heterocycles. The Morgan fingerprint density at radius 1 is 1.15 bits per heavy atom. The number of aryl methyl sites for hydroxylation is 2. The topological polar surface area (TPSA) is 109 Å². The third-order valence-corrected chi connectivity index (χ3v) is 5.97. The maximum atomic E-state index is 12.9. The molecule has 0 unspecified atom stereocenters. The second-order valence-corrected chi connectivity index (χ2v) is 8.03. The van der Waals surface area contributed by atoms with Crippen LogP contribution >= 0.6 is 0 Å². The van der Waals surface area contributed by atoms with Gasteiger partial charge in [-0.3, -0.25) is 19.1 Å². The Labute approximate surface area is 190 Å². The summed E-state index contributed by atoms with van der Waals surface area (Å²) in [7, 11) is 3.36.